The molecular weight excluding hydrogens is 350 g/mol. The van der Waals surface area contributed by atoms with Gasteiger partial charge >= 0.3 is 5.82 Å². The van der Waals surface area contributed by atoms with Crippen molar-refractivity contribution in [3.8, 4) is 0 Å². The van der Waals surface area contributed by atoms with Crippen LogP contribution in [0.1, 0.15) is 38.6 Å². The van der Waals surface area contributed by atoms with E-state index in [9.17, 15) is 14.9 Å². The van der Waals surface area contributed by atoms with Gasteiger partial charge in [-0.25, -0.2) is 0 Å². The zero-order chi connectivity index (χ0) is 19.7. The molecule has 0 unspecified atom stereocenters. The van der Waals surface area contributed by atoms with E-state index in [0.29, 0.717) is 22.7 Å². The van der Waals surface area contributed by atoms with Gasteiger partial charge in [-0.15, -0.1) is 0 Å². The number of benzene rings is 1. The van der Waals surface area contributed by atoms with Crippen LogP contribution in [-0.2, 0) is 6.54 Å². The van der Waals surface area contributed by atoms with Crippen molar-refractivity contribution >= 4 is 17.4 Å². The van der Waals surface area contributed by atoms with Gasteiger partial charge < -0.3 is 20.0 Å². The molecule has 0 aliphatic carbocycles. The highest BCUT2D eigenvalue weighted by atomic mass is 16.6. The van der Waals surface area contributed by atoms with E-state index in [1.54, 1.807) is 13.8 Å². The summed E-state index contributed by atoms with van der Waals surface area (Å²) in [7, 11) is 0. The fourth-order valence-electron chi connectivity index (χ4n) is 2.72. The highest BCUT2D eigenvalue weighted by Crippen LogP contribution is 2.22. The standard InChI is InChI=1S/C18H19N5O4/c1-10-6-5-7-15(12(10)3)19-18(24)17-14(13(4)27-21-17)9-22-11(2)8-16(20-22)23(25)26/h5-8H,9H2,1-4H3,(H,19,24). The number of carbonyl (C=O) groups is 1. The molecule has 9 nitrogen and oxygen atoms in total. The summed E-state index contributed by atoms with van der Waals surface area (Å²) in [4.78, 5) is 23.1. The average Bonchev–Trinajstić information content (AvgIpc) is 3.16. The van der Waals surface area contributed by atoms with Crippen molar-refractivity contribution in [2.24, 2.45) is 0 Å². The number of amides is 1. The molecule has 3 aromatic rings. The van der Waals surface area contributed by atoms with E-state index in [4.69, 9.17) is 4.52 Å². The molecule has 1 amide bonds. The molecule has 27 heavy (non-hydrogen) atoms. The third-order valence-electron chi connectivity index (χ3n) is 4.52. The fraction of sp³-hybridized carbons (Fsp3) is 0.278. The first-order valence-corrected chi connectivity index (χ1v) is 8.29. The van der Waals surface area contributed by atoms with Crippen molar-refractivity contribution in [2.75, 3.05) is 5.32 Å². The number of nitrogens with zero attached hydrogens (tertiary/aromatic N) is 4. The van der Waals surface area contributed by atoms with E-state index in [1.165, 1.54) is 10.7 Å². The van der Waals surface area contributed by atoms with Crippen LogP contribution in [0.3, 0.4) is 0 Å². The molecule has 0 aliphatic heterocycles. The molecule has 2 aromatic heterocycles. The zero-order valence-corrected chi connectivity index (χ0v) is 15.4. The first-order chi connectivity index (χ1) is 12.8. The van der Waals surface area contributed by atoms with Crippen molar-refractivity contribution in [3.05, 3.63) is 68.2 Å². The summed E-state index contributed by atoms with van der Waals surface area (Å²) in [5, 5.41) is 21.6. The smallest absolute Gasteiger partial charge is 0.361 e. The largest absolute Gasteiger partial charge is 0.390 e. The van der Waals surface area contributed by atoms with Gasteiger partial charge in [0.25, 0.3) is 5.91 Å². The number of hydrogen-bond donors (Lipinski definition) is 1. The zero-order valence-electron chi connectivity index (χ0n) is 15.4. The molecule has 0 saturated carbocycles. The van der Waals surface area contributed by atoms with Crippen LogP contribution < -0.4 is 5.32 Å². The Balaban J connectivity index is 1.89. The Labute approximate surface area is 155 Å². The first-order valence-electron chi connectivity index (χ1n) is 8.29. The number of carbonyl (C=O) groups excluding carboxylic acids is 1. The van der Waals surface area contributed by atoms with Crippen molar-refractivity contribution in [3.63, 3.8) is 0 Å². The average molecular weight is 369 g/mol. The van der Waals surface area contributed by atoms with Crippen molar-refractivity contribution in [1.29, 1.82) is 0 Å². The Morgan fingerprint density at radius 1 is 1.30 bits per heavy atom. The summed E-state index contributed by atoms with van der Waals surface area (Å²) < 4.78 is 6.64. The molecule has 0 fully saturated rings. The Kier molecular flexibility index (Phi) is 4.76. The van der Waals surface area contributed by atoms with Crippen LogP contribution in [0.25, 0.3) is 0 Å². The molecule has 0 saturated heterocycles. The summed E-state index contributed by atoms with van der Waals surface area (Å²) in [6, 6.07) is 7.01. The van der Waals surface area contributed by atoms with E-state index >= 15 is 0 Å². The lowest BCUT2D eigenvalue weighted by Crippen LogP contribution is -2.17. The van der Waals surface area contributed by atoms with Crippen LogP contribution in [-0.4, -0.2) is 25.8 Å². The monoisotopic (exact) mass is 369 g/mol. The molecule has 9 heteroatoms. The lowest BCUT2D eigenvalue weighted by atomic mass is 10.1. The quantitative estimate of drug-likeness (QED) is 0.545. The van der Waals surface area contributed by atoms with Gasteiger partial charge in [0.1, 0.15) is 5.76 Å². The number of anilines is 1. The van der Waals surface area contributed by atoms with Crippen LogP contribution in [0.2, 0.25) is 0 Å². The molecule has 0 spiro atoms. The van der Waals surface area contributed by atoms with E-state index in [0.717, 1.165) is 11.1 Å². The maximum atomic E-state index is 12.7. The van der Waals surface area contributed by atoms with Gasteiger partial charge in [0.2, 0.25) is 0 Å². The number of nitro groups is 1. The van der Waals surface area contributed by atoms with Crippen molar-refractivity contribution in [2.45, 2.75) is 34.2 Å². The van der Waals surface area contributed by atoms with E-state index in [2.05, 4.69) is 15.6 Å². The van der Waals surface area contributed by atoms with Crippen molar-refractivity contribution < 1.29 is 14.2 Å². The van der Waals surface area contributed by atoms with Gasteiger partial charge in [0.05, 0.1) is 29.0 Å². The second-order valence-corrected chi connectivity index (χ2v) is 6.33. The Morgan fingerprint density at radius 3 is 2.70 bits per heavy atom. The SMILES string of the molecule is Cc1cccc(NC(=O)c2noc(C)c2Cn2nc([N+](=O)[O-])cc2C)c1C. The lowest BCUT2D eigenvalue weighted by Gasteiger charge is -2.09. The molecule has 3 rings (SSSR count). The molecule has 1 aromatic carbocycles. The molecule has 0 bridgehead atoms. The summed E-state index contributed by atoms with van der Waals surface area (Å²) in [5.74, 6) is -0.198. The Bertz CT molecular complexity index is 1030. The third kappa shape index (κ3) is 3.57. The van der Waals surface area contributed by atoms with E-state index in [1.807, 2.05) is 32.0 Å². The molecular formula is C18H19N5O4. The van der Waals surface area contributed by atoms with Gasteiger partial charge in [-0.2, -0.15) is 4.68 Å². The van der Waals surface area contributed by atoms with Gasteiger partial charge in [0.15, 0.2) is 5.69 Å². The number of rotatable bonds is 5. The van der Waals surface area contributed by atoms with E-state index in [-0.39, 0.29) is 18.1 Å². The van der Waals surface area contributed by atoms with Crippen molar-refractivity contribution in [1.82, 2.24) is 14.9 Å². The fourth-order valence-corrected chi connectivity index (χ4v) is 2.72. The Hall–Kier alpha value is -3.49. The molecule has 0 radical (unpaired) electrons. The highest BCUT2D eigenvalue weighted by Gasteiger charge is 2.24. The number of aryl methyl sites for hydroxylation is 3. The number of aromatic nitrogens is 3. The molecule has 2 heterocycles. The minimum atomic E-state index is -0.557. The minimum absolute atomic E-state index is 0.131. The minimum Gasteiger partial charge on any atom is -0.361 e. The second kappa shape index (κ2) is 7.02. The molecule has 0 aliphatic rings. The highest BCUT2D eigenvalue weighted by molar-refractivity contribution is 6.04. The maximum Gasteiger partial charge on any atom is 0.390 e. The van der Waals surface area contributed by atoms with Crippen LogP contribution in [0.5, 0.6) is 0 Å². The first kappa shape index (κ1) is 18.3. The summed E-state index contributed by atoms with van der Waals surface area (Å²) in [5.41, 5.74) is 3.97. The lowest BCUT2D eigenvalue weighted by molar-refractivity contribution is -0.389. The molecule has 0 atom stereocenters. The number of hydrogen-bond acceptors (Lipinski definition) is 6. The topological polar surface area (TPSA) is 116 Å². The Morgan fingerprint density at radius 2 is 2.04 bits per heavy atom. The van der Waals surface area contributed by atoms with Gasteiger partial charge in [0, 0.05) is 5.69 Å². The normalized spacial score (nSPS) is 10.8. The van der Waals surface area contributed by atoms with Crippen LogP contribution >= 0.6 is 0 Å². The number of nitrogens with one attached hydrogen (secondary N) is 1. The summed E-state index contributed by atoms with van der Waals surface area (Å²) in [6.07, 6.45) is 0. The predicted octanol–water partition coefficient (Wildman–Crippen LogP) is 3.31. The van der Waals surface area contributed by atoms with Gasteiger partial charge in [-0.05, 0) is 49.8 Å². The van der Waals surface area contributed by atoms with Gasteiger partial charge in [-0.3, -0.25) is 4.79 Å². The third-order valence-corrected chi connectivity index (χ3v) is 4.52. The molecule has 1 N–H and O–H groups in total. The predicted molar refractivity (Wildman–Crippen MR) is 97.8 cm³/mol. The van der Waals surface area contributed by atoms with Gasteiger partial charge in [-0.1, -0.05) is 17.3 Å². The van der Waals surface area contributed by atoms with Crippen LogP contribution in [0, 0.1) is 37.8 Å². The summed E-state index contributed by atoms with van der Waals surface area (Å²) >= 11 is 0. The van der Waals surface area contributed by atoms with Crippen LogP contribution in [0.15, 0.2) is 28.8 Å². The summed E-state index contributed by atoms with van der Waals surface area (Å²) in [6.45, 7) is 7.42. The second-order valence-electron chi connectivity index (χ2n) is 6.33. The molecule has 140 valence electrons. The maximum absolute atomic E-state index is 12.7. The van der Waals surface area contributed by atoms with E-state index < -0.39 is 10.8 Å². The van der Waals surface area contributed by atoms with Crippen LogP contribution in [0.4, 0.5) is 11.5 Å².